The molecule has 0 amide bonds. The summed E-state index contributed by atoms with van der Waals surface area (Å²) < 4.78 is 8.60. The second-order valence-corrected chi connectivity index (χ2v) is 8.70. The van der Waals surface area contributed by atoms with Crippen LogP contribution in [-0.2, 0) is 13.5 Å². The third kappa shape index (κ3) is 2.68. The van der Waals surface area contributed by atoms with Crippen LogP contribution in [0.25, 0.3) is 32.9 Å². The molecule has 0 atom stereocenters. The van der Waals surface area contributed by atoms with Crippen molar-refractivity contribution in [2.45, 2.75) is 27.2 Å². The summed E-state index contributed by atoms with van der Waals surface area (Å²) in [5.41, 5.74) is 5.53. The zero-order chi connectivity index (χ0) is 20.3. The molecule has 0 aliphatic carbocycles. The van der Waals surface area contributed by atoms with Gasteiger partial charge in [0, 0.05) is 17.5 Å². The molecule has 0 saturated carbocycles. The van der Waals surface area contributed by atoms with Crippen LogP contribution in [0.3, 0.4) is 0 Å². The van der Waals surface area contributed by atoms with E-state index in [4.69, 9.17) is 4.74 Å². The van der Waals surface area contributed by atoms with E-state index in [0.29, 0.717) is 0 Å². The molecule has 1 aromatic heterocycles. The topological polar surface area (TPSA) is 36.9 Å². The average Bonchev–Trinajstić information content (AvgIpc) is 2.70. The van der Waals surface area contributed by atoms with E-state index in [0.717, 1.165) is 34.5 Å². The number of nitriles is 1. The maximum Gasteiger partial charge on any atom is 0.256 e. The second-order valence-electron chi connectivity index (χ2n) is 8.70. The van der Waals surface area contributed by atoms with Crippen molar-refractivity contribution in [2.24, 2.45) is 12.5 Å². The van der Waals surface area contributed by atoms with Crippen molar-refractivity contribution in [3.8, 4) is 28.8 Å². The second kappa shape index (κ2) is 6.06. The highest BCUT2D eigenvalue weighted by Gasteiger charge is 2.30. The quantitative estimate of drug-likeness (QED) is 0.353. The molecule has 3 nitrogen and oxygen atoms in total. The largest absolute Gasteiger partial charge is 0.450 e. The van der Waals surface area contributed by atoms with E-state index in [9.17, 15) is 5.26 Å². The van der Waals surface area contributed by atoms with Gasteiger partial charge in [-0.05, 0) is 55.8 Å². The summed E-state index contributed by atoms with van der Waals surface area (Å²) in [5.74, 6) is 1.81. The minimum atomic E-state index is -0.384. The fourth-order valence-electron chi connectivity index (χ4n) is 4.48. The summed E-state index contributed by atoms with van der Waals surface area (Å²) in [5, 5.41) is 12.9. The molecule has 1 aliphatic heterocycles. The van der Waals surface area contributed by atoms with E-state index in [1.165, 1.54) is 27.5 Å². The molecule has 0 N–H and O–H groups in total. The van der Waals surface area contributed by atoms with Gasteiger partial charge in [-0.1, -0.05) is 30.3 Å². The van der Waals surface area contributed by atoms with Crippen LogP contribution in [0.5, 0.6) is 11.5 Å². The molecule has 0 saturated heterocycles. The van der Waals surface area contributed by atoms with Gasteiger partial charge in [0.2, 0.25) is 5.52 Å². The summed E-state index contributed by atoms with van der Waals surface area (Å²) in [4.78, 5) is 0. The fourth-order valence-corrected chi connectivity index (χ4v) is 4.48. The number of pyridine rings is 1. The van der Waals surface area contributed by atoms with E-state index in [-0.39, 0.29) is 5.41 Å². The monoisotopic (exact) mass is 379 g/mol. The Kier molecular flexibility index (Phi) is 3.70. The van der Waals surface area contributed by atoms with Gasteiger partial charge in [-0.2, -0.15) is 9.83 Å². The van der Waals surface area contributed by atoms with Gasteiger partial charge in [0.25, 0.3) is 5.69 Å². The first-order valence-electron chi connectivity index (χ1n) is 9.95. The molecule has 0 spiro atoms. The van der Waals surface area contributed by atoms with Gasteiger partial charge in [-0.3, -0.25) is 0 Å². The van der Waals surface area contributed by atoms with E-state index in [2.05, 4.69) is 67.1 Å². The SMILES string of the molecule is Cc1ccc2cccc3c2c1-c1c(cc2ccc(CC(C)(C)C#N)cc2[n+]1C)O3. The van der Waals surface area contributed by atoms with Crippen molar-refractivity contribution in [3.05, 3.63) is 65.7 Å². The van der Waals surface area contributed by atoms with Gasteiger partial charge in [-0.15, -0.1) is 0 Å². The average molecular weight is 379 g/mol. The standard InChI is InChI=1S/C26H23N2O/c1-16-8-10-18-6-5-7-21-24(18)23(16)25-22(29-21)13-19-11-9-17(12-20(19)28(25)4)14-26(2,3)15-27/h5-13H,14H2,1-4H3/q+1. The van der Waals surface area contributed by atoms with Crippen LogP contribution in [0, 0.1) is 23.7 Å². The van der Waals surface area contributed by atoms with Gasteiger partial charge in [0.15, 0.2) is 5.75 Å². The van der Waals surface area contributed by atoms with Crippen molar-refractivity contribution < 1.29 is 9.30 Å². The summed E-state index contributed by atoms with van der Waals surface area (Å²) in [7, 11) is 2.11. The third-order valence-corrected chi connectivity index (χ3v) is 5.93. The highest BCUT2D eigenvalue weighted by molar-refractivity contribution is 6.04. The molecule has 0 fully saturated rings. The molecule has 0 bridgehead atoms. The molecule has 29 heavy (non-hydrogen) atoms. The van der Waals surface area contributed by atoms with Crippen LogP contribution in [-0.4, -0.2) is 0 Å². The molecular formula is C26H23N2O+. The van der Waals surface area contributed by atoms with Gasteiger partial charge >= 0.3 is 0 Å². The first-order valence-corrected chi connectivity index (χ1v) is 9.95. The fraction of sp³-hybridized carbons (Fsp3) is 0.231. The lowest BCUT2D eigenvalue weighted by atomic mass is 9.87. The first-order chi connectivity index (χ1) is 13.9. The number of aromatic nitrogens is 1. The summed E-state index contributed by atoms with van der Waals surface area (Å²) in [6.45, 7) is 6.13. The van der Waals surface area contributed by atoms with Crippen LogP contribution >= 0.6 is 0 Å². The number of aryl methyl sites for hydroxylation is 2. The van der Waals surface area contributed by atoms with Gasteiger partial charge in [0.1, 0.15) is 12.8 Å². The maximum atomic E-state index is 9.42. The Morgan fingerprint density at radius 2 is 1.79 bits per heavy atom. The predicted molar refractivity (Wildman–Crippen MR) is 116 cm³/mol. The number of hydrogen-bond acceptors (Lipinski definition) is 2. The van der Waals surface area contributed by atoms with E-state index >= 15 is 0 Å². The Morgan fingerprint density at radius 3 is 2.59 bits per heavy atom. The lowest BCUT2D eigenvalue weighted by Crippen LogP contribution is -2.33. The van der Waals surface area contributed by atoms with Crippen LogP contribution in [0.2, 0.25) is 0 Å². The lowest BCUT2D eigenvalue weighted by Gasteiger charge is -2.21. The minimum Gasteiger partial charge on any atom is -0.450 e. The zero-order valence-electron chi connectivity index (χ0n) is 17.2. The molecule has 0 radical (unpaired) electrons. The van der Waals surface area contributed by atoms with E-state index in [1.807, 2.05) is 26.0 Å². The Labute approximate surface area is 170 Å². The predicted octanol–water partition coefficient (Wildman–Crippen LogP) is 5.99. The Hall–Kier alpha value is -3.38. The van der Waals surface area contributed by atoms with Crippen molar-refractivity contribution in [1.29, 1.82) is 5.26 Å². The first kappa shape index (κ1) is 17.7. The number of benzene rings is 3. The molecule has 0 unspecified atom stereocenters. The Bertz CT molecular complexity index is 1360. The highest BCUT2D eigenvalue weighted by atomic mass is 16.5. The maximum absolute atomic E-state index is 9.42. The summed E-state index contributed by atoms with van der Waals surface area (Å²) in [6.07, 6.45) is 0.727. The third-order valence-electron chi connectivity index (χ3n) is 5.93. The molecule has 2 heterocycles. The van der Waals surface area contributed by atoms with E-state index < -0.39 is 0 Å². The van der Waals surface area contributed by atoms with Crippen LogP contribution in [0.4, 0.5) is 0 Å². The number of fused-ring (bicyclic) bond motifs is 3. The number of ether oxygens (including phenoxy) is 1. The Morgan fingerprint density at radius 1 is 1.00 bits per heavy atom. The molecule has 4 aromatic rings. The number of rotatable bonds is 2. The van der Waals surface area contributed by atoms with E-state index in [1.54, 1.807) is 0 Å². The van der Waals surface area contributed by atoms with Crippen LogP contribution in [0.1, 0.15) is 25.0 Å². The van der Waals surface area contributed by atoms with Gasteiger partial charge in [-0.25, -0.2) is 0 Å². The number of nitrogens with zero attached hydrogens (tertiary/aromatic N) is 2. The molecule has 3 heteroatoms. The van der Waals surface area contributed by atoms with Crippen LogP contribution in [0.15, 0.2) is 54.6 Å². The molecule has 5 rings (SSSR count). The summed E-state index contributed by atoms with van der Waals surface area (Å²) >= 11 is 0. The smallest absolute Gasteiger partial charge is 0.256 e. The number of hydrogen-bond donors (Lipinski definition) is 0. The van der Waals surface area contributed by atoms with Gasteiger partial charge < -0.3 is 4.74 Å². The van der Waals surface area contributed by atoms with Crippen molar-refractivity contribution >= 4 is 21.7 Å². The molecule has 1 aliphatic rings. The highest BCUT2D eigenvalue weighted by Crippen LogP contribution is 2.47. The zero-order valence-corrected chi connectivity index (χ0v) is 17.2. The molecule has 3 aromatic carbocycles. The molecular weight excluding hydrogens is 356 g/mol. The molecule has 142 valence electrons. The van der Waals surface area contributed by atoms with Crippen molar-refractivity contribution in [3.63, 3.8) is 0 Å². The normalized spacial score (nSPS) is 12.5. The van der Waals surface area contributed by atoms with Gasteiger partial charge in [0.05, 0.1) is 22.4 Å². The lowest BCUT2D eigenvalue weighted by molar-refractivity contribution is -0.633. The van der Waals surface area contributed by atoms with Crippen LogP contribution < -0.4 is 9.30 Å². The minimum absolute atomic E-state index is 0.384. The van der Waals surface area contributed by atoms with Crippen molar-refractivity contribution in [1.82, 2.24) is 0 Å². The summed E-state index contributed by atoms with van der Waals surface area (Å²) in [6, 6.07) is 21.6. The van der Waals surface area contributed by atoms with Crippen molar-refractivity contribution in [2.75, 3.05) is 0 Å². The Balaban J connectivity index is 1.80.